The van der Waals surface area contributed by atoms with Crippen LogP contribution in [0.5, 0.6) is 5.88 Å². The summed E-state index contributed by atoms with van der Waals surface area (Å²) in [6.45, 7) is 6.40. The normalized spacial score (nSPS) is 19.3. The molecule has 10 heteroatoms. The van der Waals surface area contributed by atoms with Crippen molar-refractivity contribution in [2.45, 2.75) is 25.2 Å². The van der Waals surface area contributed by atoms with Gasteiger partial charge >= 0.3 is 0 Å². The minimum Gasteiger partial charge on any atom is -0.484 e. The van der Waals surface area contributed by atoms with E-state index in [0.717, 1.165) is 37.1 Å². The molecule has 192 valence electrons. The van der Waals surface area contributed by atoms with E-state index in [0.29, 0.717) is 54.4 Å². The smallest absolute Gasteiger partial charge is 0.275 e. The topological polar surface area (TPSA) is 126 Å². The first-order valence-corrected chi connectivity index (χ1v) is 12.3. The Morgan fingerprint density at radius 2 is 2.19 bits per heavy atom. The molecular formula is C27H30N6O4. The summed E-state index contributed by atoms with van der Waals surface area (Å²) in [6.07, 6.45) is 6.26. The van der Waals surface area contributed by atoms with E-state index in [2.05, 4.69) is 39.1 Å². The van der Waals surface area contributed by atoms with Gasteiger partial charge in [0, 0.05) is 19.2 Å². The SMILES string of the molecule is C=C(/C=C1/OCCO/C1=N/N)CNCC1CCCc2cc(-n3c(=O)cnc4ccc(OC)nc43)ccc21. The Kier molecular flexibility index (Phi) is 7.18. The van der Waals surface area contributed by atoms with Gasteiger partial charge in [-0.3, -0.25) is 9.36 Å². The predicted octanol–water partition coefficient (Wildman–Crippen LogP) is 2.56. The third kappa shape index (κ3) is 5.19. The van der Waals surface area contributed by atoms with E-state index >= 15 is 0 Å². The number of methoxy groups -OCH3 is 1. The molecule has 0 spiro atoms. The van der Waals surface area contributed by atoms with Crippen LogP contribution in [0.1, 0.15) is 29.9 Å². The Balaban J connectivity index is 1.32. The standard InChI is InChI=1S/C27H30N6O4/c1-17(12-23-27(32-28)37-11-10-36-23)14-29-15-19-5-3-4-18-13-20(6-7-21(18)19)33-25(34)16-30-22-8-9-24(35-2)31-26(22)33/h6-9,12-13,16,19,29H,1,3-5,10-11,14-15,28H2,2H3/b23-12+,32-27+. The fourth-order valence-corrected chi connectivity index (χ4v) is 4.86. The van der Waals surface area contributed by atoms with Crippen LogP contribution in [-0.4, -0.2) is 53.8 Å². The molecule has 1 aromatic carbocycles. The van der Waals surface area contributed by atoms with Crippen LogP contribution in [0.4, 0.5) is 0 Å². The van der Waals surface area contributed by atoms with Crippen LogP contribution < -0.4 is 21.5 Å². The summed E-state index contributed by atoms with van der Waals surface area (Å²) in [4.78, 5) is 21.5. The van der Waals surface area contributed by atoms with E-state index in [9.17, 15) is 4.79 Å². The maximum atomic E-state index is 12.8. The molecule has 1 saturated heterocycles. The van der Waals surface area contributed by atoms with Crippen molar-refractivity contribution in [3.63, 3.8) is 0 Å². The summed E-state index contributed by atoms with van der Waals surface area (Å²) in [5, 5.41) is 7.14. The number of aryl methyl sites for hydroxylation is 1. The highest BCUT2D eigenvalue weighted by Crippen LogP contribution is 2.33. The monoisotopic (exact) mass is 502 g/mol. The van der Waals surface area contributed by atoms with Crippen molar-refractivity contribution in [2.75, 3.05) is 33.4 Å². The van der Waals surface area contributed by atoms with Crippen LogP contribution in [0.15, 0.2) is 70.4 Å². The van der Waals surface area contributed by atoms with Crippen molar-refractivity contribution >= 4 is 17.1 Å². The van der Waals surface area contributed by atoms with Crippen LogP contribution in [0.25, 0.3) is 16.9 Å². The quantitative estimate of drug-likeness (QED) is 0.373. The fraction of sp³-hybridized carbons (Fsp3) is 0.333. The summed E-state index contributed by atoms with van der Waals surface area (Å²) < 4.78 is 17.9. The number of nitrogens with one attached hydrogen (secondary N) is 1. The van der Waals surface area contributed by atoms with Crippen LogP contribution in [0, 0.1) is 0 Å². The van der Waals surface area contributed by atoms with Crippen molar-refractivity contribution in [3.8, 4) is 11.6 Å². The second kappa shape index (κ2) is 10.8. The Bertz CT molecular complexity index is 1440. The maximum Gasteiger partial charge on any atom is 0.275 e. The summed E-state index contributed by atoms with van der Waals surface area (Å²) in [7, 11) is 1.55. The molecule has 37 heavy (non-hydrogen) atoms. The number of fused-ring (bicyclic) bond motifs is 2. The molecule has 1 aliphatic carbocycles. The van der Waals surface area contributed by atoms with Gasteiger partial charge < -0.3 is 25.4 Å². The average Bonchev–Trinajstić information content (AvgIpc) is 2.92. The van der Waals surface area contributed by atoms with Crippen molar-refractivity contribution < 1.29 is 14.2 Å². The molecule has 0 amide bonds. The van der Waals surface area contributed by atoms with E-state index in [-0.39, 0.29) is 5.56 Å². The first-order chi connectivity index (χ1) is 18.1. The highest BCUT2D eigenvalue weighted by molar-refractivity contribution is 5.92. The zero-order chi connectivity index (χ0) is 25.8. The number of hydrazone groups is 1. The molecule has 5 rings (SSSR count). The molecule has 10 nitrogen and oxygen atoms in total. The van der Waals surface area contributed by atoms with Gasteiger partial charge in [-0.05, 0) is 66.2 Å². The second-order valence-corrected chi connectivity index (χ2v) is 9.03. The van der Waals surface area contributed by atoms with E-state index in [1.165, 1.54) is 17.3 Å². The number of aromatic nitrogens is 3. The second-order valence-electron chi connectivity index (χ2n) is 9.03. The largest absolute Gasteiger partial charge is 0.484 e. The van der Waals surface area contributed by atoms with Crippen molar-refractivity contribution in [1.82, 2.24) is 19.9 Å². The number of nitrogens with zero attached hydrogens (tertiary/aromatic N) is 4. The summed E-state index contributed by atoms with van der Waals surface area (Å²) in [5.74, 6) is 6.96. The van der Waals surface area contributed by atoms with Crippen LogP contribution in [-0.2, 0) is 15.9 Å². The lowest BCUT2D eigenvalue weighted by Crippen LogP contribution is -2.27. The Hall–Kier alpha value is -4.18. The Morgan fingerprint density at radius 1 is 1.32 bits per heavy atom. The molecular weight excluding hydrogens is 472 g/mol. The molecule has 0 bridgehead atoms. The van der Waals surface area contributed by atoms with Crippen molar-refractivity contribution in [2.24, 2.45) is 10.9 Å². The van der Waals surface area contributed by atoms with Gasteiger partial charge in [0.2, 0.25) is 5.88 Å². The van der Waals surface area contributed by atoms with Gasteiger partial charge in [0.1, 0.15) is 18.7 Å². The third-order valence-corrected chi connectivity index (χ3v) is 6.59. The zero-order valence-electron chi connectivity index (χ0n) is 20.8. The minimum atomic E-state index is -0.231. The number of benzene rings is 1. The van der Waals surface area contributed by atoms with Gasteiger partial charge in [-0.2, -0.15) is 4.98 Å². The van der Waals surface area contributed by atoms with E-state index in [4.69, 9.17) is 20.1 Å². The van der Waals surface area contributed by atoms with Gasteiger partial charge in [-0.1, -0.05) is 12.6 Å². The van der Waals surface area contributed by atoms with E-state index in [1.54, 1.807) is 29.9 Å². The van der Waals surface area contributed by atoms with E-state index < -0.39 is 0 Å². The highest BCUT2D eigenvalue weighted by atomic mass is 16.6. The zero-order valence-corrected chi connectivity index (χ0v) is 20.8. The van der Waals surface area contributed by atoms with Gasteiger partial charge in [0.05, 0.1) is 19.0 Å². The molecule has 0 radical (unpaired) electrons. The Morgan fingerprint density at radius 3 is 3.03 bits per heavy atom. The number of ether oxygens (including phenoxy) is 3. The molecule has 2 aliphatic rings. The first kappa shape index (κ1) is 24.5. The molecule has 2 aromatic heterocycles. The molecule has 3 heterocycles. The molecule has 1 fully saturated rings. The number of pyridine rings is 1. The summed E-state index contributed by atoms with van der Waals surface area (Å²) in [5.41, 5.74) is 5.04. The molecule has 0 saturated carbocycles. The van der Waals surface area contributed by atoms with Gasteiger partial charge in [-0.25, -0.2) is 4.98 Å². The lowest BCUT2D eigenvalue weighted by atomic mass is 9.82. The summed E-state index contributed by atoms with van der Waals surface area (Å²) in [6, 6.07) is 9.75. The number of hydrogen-bond acceptors (Lipinski definition) is 9. The lowest BCUT2D eigenvalue weighted by molar-refractivity contribution is 0.116. The van der Waals surface area contributed by atoms with Crippen LogP contribution in [0.3, 0.4) is 0 Å². The summed E-state index contributed by atoms with van der Waals surface area (Å²) >= 11 is 0. The molecule has 3 aromatic rings. The maximum absolute atomic E-state index is 12.8. The van der Waals surface area contributed by atoms with Crippen LogP contribution >= 0.6 is 0 Å². The number of nitrogens with two attached hydrogens (primary N) is 1. The molecule has 1 aliphatic heterocycles. The number of hydrogen-bond donors (Lipinski definition) is 2. The lowest BCUT2D eigenvalue weighted by Gasteiger charge is -2.27. The van der Waals surface area contributed by atoms with Gasteiger partial charge in [0.25, 0.3) is 11.5 Å². The van der Waals surface area contributed by atoms with Crippen molar-refractivity contribution in [3.05, 3.63) is 82.0 Å². The fourth-order valence-electron chi connectivity index (χ4n) is 4.86. The third-order valence-electron chi connectivity index (χ3n) is 6.59. The highest BCUT2D eigenvalue weighted by Gasteiger charge is 2.22. The average molecular weight is 503 g/mol. The van der Waals surface area contributed by atoms with Crippen LogP contribution in [0.2, 0.25) is 0 Å². The van der Waals surface area contributed by atoms with E-state index in [1.807, 2.05) is 6.07 Å². The molecule has 1 unspecified atom stereocenters. The minimum absolute atomic E-state index is 0.231. The predicted molar refractivity (Wildman–Crippen MR) is 141 cm³/mol. The first-order valence-electron chi connectivity index (χ1n) is 12.3. The molecule has 3 N–H and O–H groups in total. The molecule has 1 atom stereocenters. The Labute approximate surface area is 214 Å². The number of rotatable bonds is 7. The van der Waals surface area contributed by atoms with Crippen molar-refractivity contribution in [1.29, 1.82) is 0 Å². The van der Waals surface area contributed by atoms with Gasteiger partial charge in [-0.15, -0.1) is 5.10 Å². The van der Waals surface area contributed by atoms with Gasteiger partial charge in [0.15, 0.2) is 11.4 Å².